The Hall–Kier alpha value is -2.57. The van der Waals surface area contributed by atoms with Crippen LogP contribution in [0.1, 0.15) is 5.56 Å². The van der Waals surface area contributed by atoms with Crippen molar-refractivity contribution in [1.29, 1.82) is 0 Å². The summed E-state index contributed by atoms with van der Waals surface area (Å²) in [5, 5.41) is 9.95. The van der Waals surface area contributed by atoms with Gasteiger partial charge in [0.1, 0.15) is 5.15 Å². The average molecular weight is 369 g/mol. The zero-order chi connectivity index (χ0) is 17.1. The average Bonchev–Trinajstić information content (AvgIpc) is 3.31. The van der Waals surface area contributed by atoms with Crippen LogP contribution in [0, 0.1) is 0 Å². The van der Waals surface area contributed by atoms with Crippen LogP contribution in [0.4, 0.5) is 0 Å². The molecular weight excluding hydrogens is 356 g/mol. The lowest BCUT2D eigenvalue weighted by Crippen LogP contribution is -1.99. The highest BCUT2D eigenvalue weighted by Crippen LogP contribution is 2.29. The van der Waals surface area contributed by atoms with E-state index < -0.39 is 0 Å². The molecule has 124 valence electrons. The largest absolute Gasteiger partial charge is 0.461 e. The summed E-state index contributed by atoms with van der Waals surface area (Å²) in [4.78, 5) is 4.11. The van der Waals surface area contributed by atoms with E-state index in [1.165, 1.54) is 0 Å². The third-order valence-corrected chi connectivity index (χ3v) is 4.77. The number of hydrogen-bond donors (Lipinski definition) is 0. The van der Waals surface area contributed by atoms with Gasteiger partial charge < -0.3 is 4.42 Å². The molecular formula is C18H13ClN4OS. The second-order valence-electron chi connectivity index (χ2n) is 5.23. The van der Waals surface area contributed by atoms with Gasteiger partial charge in [0.15, 0.2) is 10.9 Å². The van der Waals surface area contributed by atoms with E-state index in [0.29, 0.717) is 22.5 Å². The van der Waals surface area contributed by atoms with Crippen LogP contribution in [0.15, 0.2) is 76.6 Å². The van der Waals surface area contributed by atoms with Crippen LogP contribution in [-0.4, -0.2) is 19.7 Å². The lowest BCUT2D eigenvalue weighted by Gasteiger charge is -2.09. The third-order valence-electron chi connectivity index (χ3n) is 3.55. The van der Waals surface area contributed by atoms with Gasteiger partial charge in [0, 0.05) is 17.6 Å². The monoisotopic (exact) mass is 368 g/mol. The molecule has 4 rings (SSSR count). The molecule has 25 heavy (non-hydrogen) atoms. The Balaban J connectivity index is 1.69. The minimum Gasteiger partial charge on any atom is -0.461 e. The molecule has 0 amide bonds. The Morgan fingerprint density at radius 2 is 1.88 bits per heavy atom. The molecule has 1 aromatic carbocycles. The SMILES string of the molecule is Clc1ccc(CSc2nnc(-c3ccco3)n2-c2ccccc2)cn1. The van der Waals surface area contributed by atoms with E-state index in [1.54, 1.807) is 30.3 Å². The molecule has 0 fully saturated rings. The fourth-order valence-corrected chi connectivity index (χ4v) is 3.38. The van der Waals surface area contributed by atoms with Gasteiger partial charge in [0.25, 0.3) is 0 Å². The summed E-state index contributed by atoms with van der Waals surface area (Å²) in [6.07, 6.45) is 3.40. The first-order valence-electron chi connectivity index (χ1n) is 7.59. The fourth-order valence-electron chi connectivity index (χ4n) is 2.38. The van der Waals surface area contributed by atoms with Crippen LogP contribution in [0.5, 0.6) is 0 Å². The van der Waals surface area contributed by atoms with E-state index in [-0.39, 0.29) is 0 Å². The lowest BCUT2D eigenvalue weighted by molar-refractivity contribution is 0.575. The number of rotatable bonds is 5. The second kappa shape index (κ2) is 7.13. The Morgan fingerprint density at radius 1 is 1.00 bits per heavy atom. The second-order valence-corrected chi connectivity index (χ2v) is 6.56. The Bertz CT molecular complexity index is 953. The summed E-state index contributed by atoms with van der Waals surface area (Å²) >= 11 is 7.42. The third kappa shape index (κ3) is 3.45. The zero-order valence-electron chi connectivity index (χ0n) is 13.0. The van der Waals surface area contributed by atoms with Gasteiger partial charge in [-0.15, -0.1) is 10.2 Å². The molecule has 3 heterocycles. The van der Waals surface area contributed by atoms with Crippen LogP contribution in [-0.2, 0) is 5.75 Å². The number of nitrogens with zero attached hydrogens (tertiary/aromatic N) is 4. The standard InChI is InChI=1S/C18H13ClN4OS/c19-16-9-8-13(11-20-16)12-25-18-22-21-17(15-7-4-10-24-15)23(18)14-5-2-1-3-6-14/h1-11H,12H2. The summed E-state index contributed by atoms with van der Waals surface area (Å²) < 4.78 is 7.51. The number of aromatic nitrogens is 4. The maximum Gasteiger partial charge on any atom is 0.205 e. The van der Waals surface area contributed by atoms with Crippen molar-refractivity contribution in [3.8, 4) is 17.3 Å². The Labute approximate surface area is 153 Å². The van der Waals surface area contributed by atoms with E-state index in [2.05, 4.69) is 15.2 Å². The molecule has 0 saturated carbocycles. The van der Waals surface area contributed by atoms with Gasteiger partial charge in [-0.2, -0.15) is 0 Å². The first-order chi connectivity index (χ1) is 12.3. The molecule has 0 saturated heterocycles. The van der Waals surface area contributed by atoms with Gasteiger partial charge in [-0.1, -0.05) is 47.6 Å². The maximum absolute atomic E-state index is 5.84. The summed E-state index contributed by atoms with van der Waals surface area (Å²) in [6.45, 7) is 0. The molecule has 0 bridgehead atoms. The molecule has 0 atom stereocenters. The number of furan rings is 1. The number of benzene rings is 1. The van der Waals surface area contributed by atoms with Crippen LogP contribution >= 0.6 is 23.4 Å². The predicted molar refractivity (Wildman–Crippen MR) is 97.9 cm³/mol. The summed E-state index contributed by atoms with van der Waals surface area (Å²) in [5.41, 5.74) is 2.05. The highest BCUT2D eigenvalue weighted by Gasteiger charge is 2.17. The van der Waals surface area contributed by atoms with Gasteiger partial charge in [0.05, 0.1) is 6.26 Å². The van der Waals surface area contributed by atoms with Crippen molar-refractivity contribution in [1.82, 2.24) is 19.7 Å². The molecule has 0 spiro atoms. The molecule has 0 aliphatic carbocycles. The van der Waals surface area contributed by atoms with Crippen molar-refractivity contribution >= 4 is 23.4 Å². The van der Waals surface area contributed by atoms with Crippen LogP contribution in [0.25, 0.3) is 17.3 Å². The minimum absolute atomic E-state index is 0.487. The first-order valence-corrected chi connectivity index (χ1v) is 8.95. The highest BCUT2D eigenvalue weighted by molar-refractivity contribution is 7.98. The predicted octanol–water partition coefficient (Wildman–Crippen LogP) is 4.87. The van der Waals surface area contributed by atoms with Gasteiger partial charge in [-0.3, -0.25) is 4.57 Å². The Morgan fingerprint density at radius 3 is 2.60 bits per heavy atom. The molecule has 0 N–H and O–H groups in total. The number of hydrogen-bond acceptors (Lipinski definition) is 5. The number of halogens is 1. The molecule has 0 radical (unpaired) electrons. The van der Waals surface area contributed by atoms with Gasteiger partial charge >= 0.3 is 0 Å². The maximum atomic E-state index is 5.84. The van der Waals surface area contributed by atoms with E-state index >= 15 is 0 Å². The lowest BCUT2D eigenvalue weighted by atomic mass is 10.3. The first kappa shape index (κ1) is 15.9. The molecule has 3 aromatic heterocycles. The fraction of sp³-hybridized carbons (Fsp3) is 0.0556. The number of para-hydroxylation sites is 1. The topological polar surface area (TPSA) is 56.7 Å². The Kier molecular flexibility index (Phi) is 4.54. The van der Waals surface area contributed by atoms with E-state index in [1.807, 2.05) is 53.1 Å². The quantitative estimate of drug-likeness (QED) is 0.371. The van der Waals surface area contributed by atoms with Crippen molar-refractivity contribution in [2.45, 2.75) is 10.9 Å². The van der Waals surface area contributed by atoms with Crippen LogP contribution in [0.3, 0.4) is 0 Å². The molecule has 0 aliphatic heterocycles. The smallest absolute Gasteiger partial charge is 0.205 e. The summed E-state index contributed by atoms with van der Waals surface area (Å²) in [6, 6.07) is 17.4. The van der Waals surface area contributed by atoms with Gasteiger partial charge in [-0.05, 0) is 35.9 Å². The van der Waals surface area contributed by atoms with E-state index in [9.17, 15) is 0 Å². The summed E-state index contributed by atoms with van der Waals surface area (Å²) in [5.74, 6) is 2.07. The van der Waals surface area contributed by atoms with Gasteiger partial charge in [0.2, 0.25) is 5.82 Å². The molecule has 4 aromatic rings. The zero-order valence-corrected chi connectivity index (χ0v) is 14.6. The number of pyridine rings is 1. The molecule has 7 heteroatoms. The van der Waals surface area contributed by atoms with Crippen molar-refractivity contribution in [2.75, 3.05) is 0 Å². The van der Waals surface area contributed by atoms with E-state index in [4.69, 9.17) is 16.0 Å². The van der Waals surface area contributed by atoms with Crippen molar-refractivity contribution in [3.05, 3.63) is 77.8 Å². The minimum atomic E-state index is 0.487. The molecule has 0 unspecified atom stereocenters. The van der Waals surface area contributed by atoms with Crippen molar-refractivity contribution < 1.29 is 4.42 Å². The normalized spacial score (nSPS) is 10.9. The highest BCUT2D eigenvalue weighted by atomic mass is 35.5. The van der Waals surface area contributed by atoms with Crippen LogP contribution in [0.2, 0.25) is 5.15 Å². The van der Waals surface area contributed by atoms with E-state index in [0.717, 1.165) is 16.4 Å². The van der Waals surface area contributed by atoms with Crippen molar-refractivity contribution in [2.24, 2.45) is 0 Å². The number of thioether (sulfide) groups is 1. The van der Waals surface area contributed by atoms with Crippen LogP contribution < -0.4 is 0 Å². The summed E-state index contributed by atoms with van der Waals surface area (Å²) in [7, 11) is 0. The molecule has 0 aliphatic rings. The van der Waals surface area contributed by atoms with Gasteiger partial charge in [-0.25, -0.2) is 4.98 Å². The van der Waals surface area contributed by atoms with Crippen molar-refractivity contribution in [3.63, 3.8) is 0 Å². The molecule has 5 nitrogen and oxygen atoms in total.